The SMILES string of the molecule is C[C@@H]1CCN(c2cccc(N(C)C(=O)C3CC3)n2)CCN1C(=O)c1ccccc1N/N=C\C=N. The number of nitrogens with zero attached hydrogens (tertiary/aromatic N) is 5. The van der Waals surface area contributed by atoms with E-state index >= 15 is 0 Å². The van der Waals surface area contributed by atoms with Gasteiger partial charge in [0.2, 0.25) is 5.91 Å². The van der Waals surface area contributed by atoms with E-state index in [-0.39, 0.29) is 23.8 Å². The second-order valence-electron chi connectivity index (χ2n) is 8.75. The molecule has 1 saturated carbocycles. The van der Waals surface area contributed by atoms with Crippen LogP contribution in [-0.4, -0.2) is 66.9 Å². The smallest absolute Gasteiger partial charge is 0.256 e. The molecule has 9 nitrogen and oxygen atoms in total. The third-order valence-electron chi connectivity index (χ3n) is 6.36. The van der Waals surface area contributed by atoms with E-state index in [1.165, 1.54) is 6.21 Å². The molecule has 0 radical (unpaired) electrons. The van der Waals surface area contributed by atoms with Gasteiger partial charge in [-0.2, -0.15) is 5.10 Å². The van der Waals surface area contributed by atoms with Crippen LogP contribution in [0.15, 0.2) is 47.6 Å². The molecular weight excluding hydrogens is 430 g/mol. The second kappa shape index (κ2) is 10.5. The molecule has 2 amide bonds. The zero-order chi connectivity index (χ0) is 24.1. The van der Waals surface area contributed by atoms with Crippen molar-refractivity contribution in [2.24, 2.45) is 11.0 Å². The van der Waals surface area contributed by atoms with Crippen molar-refractivity contribution in [3.05, 3.63) is 48.0 Å². The first-order valence-electron chi connectivity index (χ1n) is 11.7. The number of nitrogens with one attached hydrogen (secondary N) is 2. The zero-order valence-electron chi connectivity index (χ0n) is 19.6. The van der Waals surface area contributed by atoms with Gasteiger partial charge in [0.25, 0.3) is 5.91 Å². The lowest BCUT2D eigenvalue weighted by Gasteiger charge is -2.27. The Bertz CT molecular complexity index is 1080. The van der Waals surface area contributed by atoms with Gasteiger partial charge in [0, 0.05) is 44.9 Å². The maximum Gasteiger partial charge on any atom is 0.256 e. The normalized spacial score (nSPS) is 18.5. The van der Waals surface area contributed by atoms with Crippen molar-refractivity contribution in [3.8, 4) is 0 Å². The van der Waals surface area contributed by atoms with E-state index in [0.717, 1.165) is 37.8 Å². The molecule has 1 aromatic carbocycles. The molecule has 0 spiro atoms. The number of hydrazone groups is 1. The summed E-state index contributed by atoms with van der Waals surface area (Å²) in [5.41, 5.74) is 4.01. The van der Waals surface area contributed by atoms with Crippen LogP contribution in [0.25, 0.3) is 0 Å². The Hall–Kier alpha value is -3.75. The third-order valence-corrected chi connectivity index (χ3v) is 6.36. The first-order chi connectivity index (χ1) is 16.5. The first-order valence-corrected chi connectivity index (χ1v) is 11.7. The van der Waals surface area contributed by atoms with Crippen molar-refractivity contribution in [1.29, 1.82) is 5.41 Å². The summed E-state index contributed by atoms with van der Waals surface area (Å²) in [5, 5.41) is 11.0. The molecule has 4 rings (SSSR count). The number of hydrogen-bond donors (Lipinski definition) is 2. The van der Waals surface area contributed by atoms with Crippen molar-refractivity contribution in [2.45, 2.75) is 32.2 Å². The van der Waals surface area contributed by atoms with Crippen LogP contribution in [0.2, 0.25) is 0 Å². The number of hydrogen-bond acceptors (Lipinski definition) is 7. The van der Waals surface area contributed by atoms with Crippen molar-refractivity contribution >= 4 is 41.6 Å². The molecule has 2 aromatic rings. The lowest BCUT2D eigenvalue weighted by molar-refractivity contribution is -0.119. The topological polar surface area (TPSA) is 105 Å². The number of carbonyl (C=O) groups is 2. The molecule has 178 valence electrons. The van der Waals surface area contributed by atoms with E-state index in [0.29, 0.717) is 30.2 Å². The van der Waals surface area contributed by atoms with Gasteiger partial charge in [-0.15, -0.1) is 0 Å². The Morgan fingerprint density at radius 1 is 1.12 bits per heavy atom. The summed E-state index contributed by atoms with van der Waals surface area (Å²) < 4.78 is 0. The number of pyridine rings is 1. The highest BCUT2D eigenvalue weighted by Crippen LogP contribution is 2.32. The van der Waals surface area contributed by atoms with Crippen LogP contribution in [-0.2, 0) is 4.79 Å². The van der Waals surface area contributed by atoms with E-state index in [4.69, 9.17) is 10.4 Å². The van der Waals surface area contributed by atoms with Gasteiger partial charge in [0.1, 0.15) is 11.6 Å². The zero-order valence-corrected chi connectivity index (χ0v) is 19.6. The van der Waals surface area contributed by atoms with Gasteiger partial charge in [-0.1, -0.05) is 18.2 Å². The van der Waals surface area contributed by atoms with Crippen molar-refractivity contribution in [2.75, 3.05) is 41.9 Å². The molecule has 1 saturated heterocycles. The summed E-state index contributed by atoms with van der Waals surface area (Å²) >= 11 is 0. The average molecular weight is 462 g/mol. The van der Waals surface area contributed by atoms with Crippen LogP contribution < -0.4 is 15.2 Å². The Balaban J connectivity index is 1.48. The van der Waals surface area contributed by atoms with Crippen molar-refractivity contribution in [1.82, 2.24) is 9.88 Å². The minimum Gasteiger partial charge on any atom is -0.355 e. The molecule has 1 atom stereocenters. The maximum absolute atomic E-state index is 13.5. The molecule has 0 bridgehead atoms. The van der Waals surface area contributed by atoms with Gasteiger partial charge in [-0.25, -0.2) is 4.98 Å². The summed E-state index contributed by atoms with van der Waals surface area (Å²) in [5.74, 6) is 1.69. The van der Waals surface area contributed by atoms with Crippen molar-refractivity contribution in [3.63, 3.8) is 0 Å². The van der Waals surface area contributed by atoms with Crippen LogP contribution in [0.3, 0.4) is 0 Å². The van der Waals surface area contributed by atoms with E-state index < -0.39 is 0 Å². The van der Waals surface area contributed by atoms with Crippen LogP contribution in [0.1, 0.15) is 36.5 Å². The van der Waals surface area contributed by atoms with Crippen LogP contribution in [0.4, 0.5) is 17.3 Å². The molecule has 9 heteroatoms. The molecule has 0 unspecified atom stereocenters. The Labute approximate surface area is 200 Å². The summed E-state index contributed by atoms with van der Waals surface area (Å²) in [6.07, 6.45) is 5.13. The molecule has 1 aliphatic heterocycles. The van der Waals surface area contributed by atoms with E-state index in [1.807, 2.05) is 35.2 Å². The molecule has 2 heterocycles. The maximum atomic E-state index is 13.5. The van der Waals surface area contributed by atoms with Gasteiger partial charge in [0.05, 0.1) is 17.5 Å². The minimum atomic E-state index is -0.0565. The molecule has 34 heavy (non-hydrogen) atoms. The van der Waals surface area contributed by atoms with Gasteiger partial charge in [-0.3, -0.25) is 19.9 Å². The number of para-hydroxylation sites is 1. The number of amides is 2. The van der Waals surface area contributed by atoms with Crippen LogP contribution >= 0.6 is 0 Å². The Kier molecular flexibility index (Phi) is 7.20. The highest BCUT2D eigenvalue weighted by molar-refractivity contribution is 6.14. The molecule has 2 aliphatic rings. The Morgan fingerprint density at radius 3 is 2.68 bits per heavy atom. The van der Waals surface area contributed by atoms with Gasteiger partial charge < -0.3 is 15.2 Å². The number of anilines is 3. The summed E-state index contributed by atoms with van der Waals surface area (Å²) in [6, 6.07) is 13.1. The lowest BCUT2D eigenvalue weighted by atomic mass is 10.1. The number of carbonyl (C=O) groups excluding carboxylic acids is 2. The number of rotatable bonds is 7. The summed E-state index contributed by atoms with van der Waals surface area (Å²) in [4.78, 5) is 36.4. The summed E-state index contributed by atoms with van der Waals surface area (Å²) in [7, 11) is 1.79. The quantitative estimate of drug-likeness (QED) is 0.487. The fourth-order valence-electron chi connectivity index (χ4n) is 4.15. The lowest BCUT2D eigenvalue weighted by Crippen LogP contribution is -2.40. The number of benzene rings is 1. The molecule has 2 fully saturated rings. The van der Waals surface area contributed by atoms with Gasteiger partial charge >= 0.3 is 0 Å². The van der Waals surface area contributed by atoms with E-state index in [2.05, 4.69) is 22.4 Å². The van der Waals surface area contributed by atoms with E-state index in [9.17, 15) is 9.59 Å². The molecule has 1 aromatic heterocycles. The molecule has 1 aliphatic carbocycles. The minimum absolute atomic E-state index is 0.0536. The van der Waals surface area contributed by atoms with Crippen molar-refractivity contribution < 1.29 is 9.59 Å². The monoisotopic (exact) mass is 461 g/mol. The van der Waals surface area contributed by atoms with Crippen LogP contribution in [0, 0.1) is 11.3 Å². The standard InChI is InChI=1S/C25H31N7O2/c1-18-12-15-31(23-9-5-8-22(28-23)30(2)24(33)19-10-11-19)16-17-32(18)25(34)20-6-3-4-7-21(20)29-27-14-13-26/h3-9,13-14,18-19,26,29H,10-12,15-17H2,1-2H3/b26-13?,27-14-/t18-/m1/s1. The van der Waals surface area contributed by atoms with Crippen LogP contribution in [0.5, 0.6) is 0 Å². The fraction of sp³-hybridized carbons (Fsp3) is 0.400. The second-order valence-corrected chi connectivity index (χ2v) is 8.75. The summed E-state index contributed by atoms with van der Waals surface area (Å²) in [6.45, 7) is 4.04. The Morgan fingerprint density at radius 2 is 1.91 bits per heavy atom. The predicted molar refractivity (Wildman–Crippen MR) is 135 cm³/mol. The highest BCUT2D eigenvalue weighted by Gasteiger charge is 2.33. The largest absolute Gasteiger partial charge is 0.355 e. The third kappa shape index (κ3) is 5.24. The van der Waals surface area contributed by atoms with Gasteiger partial charge in [-0.05, 0) is 50.5 Å². The van der Waals surface area contributed by atoms with Gasteiger partial charge in [0.15, 0.2) is 0 Å². The molecular formula is C25H31N7O2. The predicted octanol–water partition coefficient (Wildman–Crippen LogP) is 3.24. The fourth-order valence-corrected chi connectivity index (χ4v) is 4.15. The molecule has 2 N–H and O–H groups in total. The highest BCUT2D eigenvalue weighted by atomic mass is 16.2. The first kappa shape index (κ1) is 23.4. The average Bonchev–Trinajstić information content (AvgIpc) is 3.72. The number of aromatic nitrogens is 1. The van der Waals surface area contributed by atoms with E-state index in [1.54, 1.807) is 24.1 Å².